The number of nitrogens with one attached hydrogen (secondary N) is 2. The number of carbonyl (C=O) groups is 2. The number of nitrogens with zero attached hydrogens (tertiary/aromatic N) is 1. The third-order valence-corrected chi connectivity index (χ3v) is 5.10. The number of carbonyl (C=O) groups excluding carboxylic acids is 2. The van der Waals surface area contributed by atoms with Crippen LogP contribution in [-0.2, 0) is 11.3 Å². The number of urea groups is 1. The fraction of sp³-hybridized carbons (Fsp3) is 0.182. The van der Waals surface area contributed by atoms with Gasteiger partial charge in [-0.25, -0.2) is 9.18 Å². The van der Waals surface area contributed by atoms with E-state index in [0.29, 0.717) is 22.3 Å². The van der Waals surface area contributed by atoms with E-state index in [1.54, 1.807) is 37.4 Å². The van der Waals surface area contributed by atoms with E-state index in [1.165, 1.54) is 23.8 Å². The minimum atomic E-state index is -1.63. The number of hydrogen-bond donors (Lipinski definition) is 3. The lowest BCUT2D eigenvalue weighted by molar-refractivity contribution is -0.122. The van der Waals surface area contributed by atoms with Gasteiger partial charge in [-0.3, -0.25) is 10.1 Å². The summed E-state index contributed by atoms with van der Waals surface area (Å²) in [5.74, 6) is 4.99. The maximum Gasteiger partial charge on any atom is 0.323 e. The number of imide groups is 1. The number of benzene rings is 2. The van der Waals surface area contributed by atoms with Gasteiger partial charge in [0.25, 0.3) is 5.91 Å². The molecule has 30 heavy (non-hydrogen) atoms. The van der Waals surface area contributed by atoms with Crippen molar-refractivity contribution < 1.29 is 23.8 Å². The fourth-order valence-electron chi connectivity index (χ4n) is 3.38. The van der Waals surface area contributed by atoms with Crippen LogP contribution in [0.3, 0.4) is 0 Å². The van der Waals surface area contributed by atoms with Crippen LogP contribution >= 0.6 is 0 Å². The molecule has 3 amide bonds. The SMILES string of the molecule is COc1ccc2cn(C[C@@]3(C#Cc4cccc(F)c4C)NC(=O)NC3=O)c(O)c2c1. The number of aromatic hydroxyl groups is 1. The Morgan fingerprint density at radius 2 is 2.07 bits per heavy atom. The van der Waals surface area contributed by atoms with Crippen molar-refractivity contribution in [2.75, 3.05) is 7.11 Å². The minimum absolute atomic E-state index is 0.0963. The molecule has 3 aromatic rings. The summed E-state index contributed by atoms with van der Waals surface area (Å²) in [6.07, 6.45) is 1.65. The molecule has 1 aliphatic heterocycles. The predicted octanol–water partition coefficient (Wildman–Crippen LogP) is 2.43. The number of hydrogen-bond acceptors (Lipinski definition) is 4. The van der Waals surface area contributed by atoms with E-state index in [-0.39, 0.29) is 12.4 Å². The predicted molar refractivity (Wildman–Crippen MR) is 108 cm³/mol. The Bertz CT molecular complexity index is 1250. The van der Waals surface area contributed by atoms with Gasteiger partial charge in [0.15, 0.2) is 5.88 Å². The number of amides is 3. The van der Waals surface area contributed by atoms with Gasteiger partial charge in [-0.05, 0) is 37.3 Å². The van der Waals surface area contributed by atoms with E-state index in [4.69, 9.17) is 4.74 Å². The van der Waals surface area contributed by atoms with Gasteiger partial charge in [-0.1, -0.05) is 17.9 Å². The topological polar surface area (TPSA) is 92.6 Å². The van der Waals surface area contributed by atoms with Crippen LogP contribution in [0.2, 0.25) is 0 Å². The molecule has 152 valence electrons. The van der Waals surface area contributed by atoms with Crippen LogP contribution < -0.4 is 15.4 Å². The van der Waals surface area contributed by atoms with Gasteiger partial charge in [0.1, 0.15) is 11.6 Å². The van der Waals surface area contributed by atoms with Crippen LogP contribution in [0.25, 0.3) is 10.8 Å². The molecule has 1 saturated heterocycles. The first kappa shape index (κ1) is 19.3. The summed E-state index contributed by atoms with van der Waals surface area (Å²) in [7, 11) is 1.52. The number of methoxy groups -OCH3 is 1. The van der Waals surface area contributed by atoms with E-state index in [2.05, 4.69) is 22.5 Å². The van der Waals surface area contributed by atoms with Gasteiger partial charge < -0.3 is 19.7 Å². The molecular weight excluding hydrogens is 389 g/mol. The standard InChI is InChI=1S/C22H18FN3O4/c1-13-14(4-3-5-18(13)23)8-9-22(20(28)24-21(29)25-22)12-26-11-15-6-7-16(30-2)10-17(15)19(26)27/h3-7,10-11,27H,12H2,1-2H3,(H2,24,25,28,29)/t22-/m1/s1. The normalized spacial score (nSPS) is 18.0. The molecule has 1 aliphatic rings. The molecule has 2 heterocycles. The quantitative estimate of drug-likeness (QED) is 0.459. The van der Waals surface area contributed by atoms with Crippen LogP contribution in [0.1, 0.15) is 11.1 Å². The molecule has 0 unspecified atom stereocenters. The summed E-state index contributed by atoms with van der Waals surface area (Å²) in [6, 6.07) is 8.96. The molecule has 1 aromatic heterocycles. The van der Waals surface area contributed by atoms with Crippen molar-refractivity contribution in [3.05, 3.63) is 59.5 Å². The summed E-state index contributed by atoms with van der Waals surface area (Å²) in [4.78, 5) is 24.5. The summed E-state index contributed by atoms with van der Waals surface area (Å²) in [6.45, 7) is 1.44. The van der Waals surface area contributed by atoms with Gasteiger partial charge >= 0.3 is 6.03 Å². The van der Waals surface area contributed by atoms with Crippen molar-refractivity contribution in [3.8, 4) is 23.5 Å². The zero-order chi connectivity index (χ0) is 21.5. The number of ether oxygens (including phenoxy) is 1. The average Bonchev–Trinajstić information content (AvgIpc) is 3.18. The molecule has 2 aromatic carbocycles. The molecule has 1 fully saturated rings. The number of fused-ring (bicyclic) bond motifs is 1. The van der Waals surface area contributed by atoms with Crippen LogP contribution in [0.5, 0.6) is 11.6 Å². The molecule has 3 N–H and O–H groups in total. The molecule has 0 aliphatic carbocycles. The monoisotopic (exact) mass is 407 g/mol. The van der Waals surface area contributed by atoms with Crippen LogP contribution in [0.4, 0.5) is 9.18 Å². The van der Waals surface area contributed by atoms with E-state index >= 15 is 0 Å². The Labute approximate surface area is 171 Å². The largest absolute Gasteiger partial charge is 0.497 e. The highest BCUT2D eigenvalue weighted by molar-refractivity contribution is 6.09. The average molecular weight is 407 g/mol. The Kier molecular flexibility index (Phi) is 4.59. The summed E-state index contributed by atoms with van der Waals surface area (Å²) in [5, 5.41) is 16.6. The fourth-order valence-corrected chi connectivity index (χ4v) is 3.38. The number of halogens is 1. The summed E-state index contributed by atoms with van der Waals surface area (Å²) in [5.41, 5.74) is -0.895. The first-order valence-electron chi connectivity index (χ1n) is 9.11. The van der Waals surface area contributed by atoms with Crippen molar-refractivity contribution in [2.45, 2.75) is 19.0 Å². The molecule has 0 saturated carbocycles. The third-order valence-electron chi connectivity index (χ3n) is 5.10. The second-order valence-corrected chi connectivity index (χ2v) is 7.01. The lowest BCUT2D eigenvalue weighted by atomic mass is 9.99. The highest BCUT2D eigenvalue weighted by Gasteiger charge is 2.46. The van der Waals surface area contributed by atoms with Gasteiger partial charge in [-0.15, -0.1) is 0 Å². The first-order chi connectivity index (χ1) is 14.3. The molecule has 7 nitrogen and oxygen atoms in total. The third kappa shape index (κ3) is 3.20. The lowest BCUT2D eigenvalue weighted by Gasteiger charge is -2.21. The van der Waals surface area contributed by atoms with Gasteiger partial charge in [0.2, 0.25) is 5.54 Å². The van der Waals surface area contributed by atoms with Crippen molar-refractivity contribution in [1.29, 1.82) is 0 Å². The zero-order valence-electron chi connectivity index (χ0n) is 16.2. The molecule has 8 heteroatoms. The zero-order valence-corrected chi connectivity index (χ0v) is 16.2. The molecule has 0 spiro atoms. The van der Waals surface area contributed by atoms with Gasteiger partial charge in [0.05, 0.1) is 13.7 Å². The van der Waals surface area contributed by atoms with Crippen molar-refractivity contribution in [3.63, 3.8) is 0 Å². The van der Waals surface area contributed by atoms with Gasteiger partial charge in [-0.2, -0.15) is 0 Å². The van der Waals surface area contributed by atoms with E-state index < -0.39 is 23.3 Å². The molecule has 0 bridgehead atoms. The van der Waals surface area contributed by atoms with E-state index in [9.17, 15) is 19.1 Å². The maximum atomic E-state index is 13.8. The Hall–Kier alpha value is -3.99. The second kappa shape index (κ2) is 7.12. The smallest absolute Gasteiger partial charge is 0.323 e. The van der Waals surface area contributed by atoms with Crippen molar-refractivity contribution in [1.82, 2.24) is 15.2 Å². The number of rotatable bonds is 3. The first-order valence-corrected chi connectivity index (χ1v) is 9.11. The van der Waals surface area contributed by atoms with E-state index in [0.717, 1.165) is 5.39 Å². The minimum Gasteiger partial charge on any atom is -0.497 e. The van der Waals surface area contributed by atoms with Crippen molar-refractivity contribution >= 4 is 22.7 Å². The summed E-state index contributed by atoms with van der Waals surface area (Å²) < 4.78 is 20.4. The molecule has 0 radical (unpaired) electrons. The highest BCUT2D eigenvalue weighted by atomic mass is 19.1. The number of aromatic nitrogens is 1. The van der Waals surface area contributed by atoms with Crippen LogP contribution in [0, 0.1) is 24.6 Å². The Morgan fingerprint density at radius 3 is 2.77 bits per heavy atom. The molecular formula is C22H18FN3O4. The lowest BCUT2D eigenvalue weighted by Crippen LogP contribution is -2.49. The second-order valence-electron chi connectivity index (χ2n) is 7.01. The molecule has 4 rings (SSSR count). The van der Waals surface area contributed by atoms with Gasteiger partial charge in [0, 0.05) is 28.1 Å². The maximum absolute atomic E-state index is 13.8. The van der Waals surface area contributed by atoms with Crippen LogP contribution in [-0.4, -0.2) is 34.3 Å². The van der Waals surface area contributed by atoms with E-state index in [1.807, 2.05) is 0 Å². The Balaban J connectivity index is 1.78. The Morgan fingerprint density at radius 1 is 1.27 bits per heavy atom. The van der Waals surface area contributed by atoms with Crippen molar-refractivity contribution in [2.24, 2.45) is 0 Å². The summed E-state index contributed by atoms with van der Waals surface area (Å²) >= 11 is 0. The van der Waals surface area contributed by atoms with Crippen LogP contribution in [0.15, 0.2) is 42.6 Å². The molecule has 1 atom stereocenters. The highest BCUT2D eigenvalue weighted by Crippen LogP contribution is 2.32.